The number of nitrogen functional groups attached to an aromatic ring is 1. The summed E-state index contributed by atoms with van der Waals surface area (Å²) in [6, 6.07) is 13.8. The molecule has 1 heterocycles. The molecule has 7 heteroatoms. The zero-order valence-electron chi connectivity index (χ0n) is 18.2. The molecule has 1 aromatic heterocycles. The standard InChI is InChI=1S/C24H25N3O4/c1-14-6-7-15(8-18(14)25)16-9-19-23(20(10-16)28-2)26-13-27(19)17-11-21(29-3)24(31-5)22(12-17)30-4/h6-13H,25H2,1-5H3. The van der Waals surface area contributed by atoms with Crippen molar-refractivity contribution in [2.75, 3.05) is 34.2 Å². The molecule has 4 aromatic rings. The van der Waals surface area contributed by atoms with E-state index in [0.29, 0.717) is 23.0 Å². The molecule has 160 valence electrons. The van der Waals surface area contributed by atoms with Gasteiger partial charge in [-0.15, -0.1) is 0 Å². The molecule has 7 nitrogen and oxygen atoms in total. The number of methoxy groups -OCH3 is 4. The number of hydrogen-bond acceptors (Lipinski definition) is 6. The van der Waals surface area contributed by atoms with Crippen molar-refractivity contribution < 1.29 is 18.9 Å². The first-order valence-electron chi connectivity index (χ1n) is 9.72. The number of nitrogens with zero attached hydrogens (tertiary/aromatic N) is 2. The molecule has 2 N–H and O–H groups in total. The van der Waals surface area contributed by atoms with Gasteiger partial charge in [-0.3, -0.25) is 4.57 Å². The fourth-order valence-electron chi connectivity index (χ4n) is 3.64. The Morgan fingerprint density at radius 1 is 0.774 bits per heavy atom. The third kappa shape index (κ3) is 3.48. The van der Waals surface area contributed by atoms with Crippen LogP contribution >= 0.6 is 0 Å². The van der Waals surface area contributed by atoms with Gasteiger partial charge in [0, 0.05) is 17.8 Å². The zero-order chi connectivity index (χ0) is 22.1. The predicted molar refractivity (Wildman–Crippen MR) is 122 cm³/mol. The Hall–Kier alpha value is -3.87. The second kappa shape index (κ2) is 8.10. The normalized spacial score (nSPS) is 10.9. The summed E-state index contributed by atoms with van der Waals surface area (Å²) < 4.78 is 24.1. The van der Waals surface area contributed by atoms with Crippen LogP contribution in [0.3, 0.4) is 0 Å². The first kappa shape index (κ1) is 20.4. The molecule has 0 spiro atoms. The molecule has 0 radical (unpaired) electrons. The van der Waals surface area contributed by atoms with Gasteiger partial charge in [0.2, 0.25) is 5.75 Å². The van der Waals surface area contributed by atoms with Gasteiger partial charge in [-0.05, 0) is 41.8 Å². The quantitative estimate of drug-likeness (QED) is 0.460. The van der Waals surface area contributed by atoms with E-state index >= 15 is 0 Å². The Balaban J connectivity index is 1.95. The van der Waals surface area contributed by atoms with E-state index in [0.717, 1.165) is 39.1 Å². The maximum Gasteiger partial charge on any atom is 0.203 e. The number of rotatable bonds is 6. The number of aromatic nitrogens is 2. The molecule has 0 atom stereocenters. The van der Waals surface area contributed by atoms with Crippen molar-refractivity contribution in [3.63, 3.8) is 0 Å². The van der Waals surface area contributed by atoms with Gasteiger partial charge >= 0.3 is 0 Å². The van der Waals surface area contributed by atoms with E-state index < -0.39 is 0 Å². The van der Waals surface area contributed by atoms with E-state index in [2.05, 4.69) is 11.1 Å². The molecule has 4 rings (SSSR count). The van der Waals surface area contributed by atoms with Gasteiger partial charge in [-0.25, -0.2) is 4.98 Å². The first-order chi connectivity index (χ1) is 15.0. The van der Waals surface area contributed by atoms with E-state index in [1.807, 2.05) is 47.9 Å². The molecule has 0 aliphatic carbocycles. The van der Waals surface area contributed by atoms with Crippen molar-refractivity contribution in [3.05, 3.63) is 54.4 Å². The SMILES string of the molecule is COc1cc(-n2cnc3c(OC)cc(-c4ccc(C)c(N)c4)cc32)cc(OC)c1OC. The van der Waals surface area contributed by atoms with E-state index in [-0.39, 0.29) is 0 Å². The lowest BCUT2D eigenvalue weighted by Crippen LogP contribution is -1.99. The molecular weight excluding hydrogens is 394 g/mol. The molecule has 0 saturated heterocycles. The molecule has 3 aromatic carbocycles. The van der Waals surface area contributed by atoms with E-state index in [1.54, 1.807) is 34.8 Å². The fourth-order valence-corrected chi connectivity index (χ4v) is 3.64. The summed E-state index contributed by atoms with van der Waals surface area (Å²) in [5.41, 5.74) is 12.4. The van der Waals surface area contributed by atoms with Gasteiger partial charge in [0.25, 0.3) is 0 Å². The summed E-state index contributed by atoms with van der Waals surface area (Å²) in [5.74, 6) is 2.34. The van der Waals surface area contributed by atoms with Gasteiger partial charge < -0.3 is 24.7 Å². The third-order valence-corrected chi connectivity index (χ3v) is 5.38. The van der Waals surface area contributed by atoms with Crippen LogP contribution in [0.5, 0.6) is 23.0 Å². The van der Waals surface area contributed by atoms with Crippen LogP contribution in [0.15, 0.2) is 48.8 Å². The highest BCUT2D eigenvalue weighted by molar-refractivity contribution is 5.89. The lowest BCUT2D eigenvalue weighted by molar-refractivity contribution is 0.324. The Labute approximate surface area is 180 Å². The van der Waals surface area contributed by atoms with E-state index in [9.17, 15) is 0 Å². The van der Waals surface area contributed by atoms with Crippen molar-refractivity contribution in [3.8, 4) is 39.8 Å². The lowest BCUT2D eigenvalue weighted by atomic mass is 10.0. The molecule has 0 aliphatic rings. The number of benzene rings is 3. The van der Waals surface area contributed by atoms with Gasteiger partial charge in [0.1, 0.15) is 17.6 Å². The molecular formula is C24H25N3O4. The Kier molecular flexibility index (Phi) is 5.33. The van der Waals surface area contributed by atoms with Crippen LogP contribution in [0.4, 0.5) is 5.69 Å². The highest BCUT2D eigenvalue weighted by Gasteiger charge is 2.17. The van der Waals surface area contributed by atoms with Crippen LogP contribution in [-0.2, 0) is 0 Å². The highest BCUT2D eigenvalue weighted by atomic mass is 16.5. The summed E-state index contributed by atoms with van der Waals surface area (Å²) in [5, 5.41) is 0. The summed E-state index contributed by atoms with van der Waals surface area (Å²) in [6.45, 7) is 1.99. The minimum atomic E-state index is 0.534. The van der Waals surface area contributed by atoms with Crippen molar-refractivity contribution in [2.45, 2.75) is 6.92 Å². The van der Waals surface area contributed by atoms with E-state index in [4.69, 9.17) is 24.7 Å². The second-order valence-corrected chi connectivity index (χ2v) is 7.12. The van der Waals surface area contributed by atoms with Gasteiger partial charge in [-0.2, -0.15) is 0 Å². The van der Waals surface area contributed by atoms with Crippen molar-refractivity contribution in [2.24, 2.45) is 0 Å². The van der Waals surface area contributed by atoms with Gasteiger partial charge in [-0.1, -0.05) is 12.1 Å². The van der Waals surface area contributed by atoms with Crippen LogP contribution in [-0.4, -0.2) is 38.0 Å². The molecule has 0 saturated carbocycles. The largest absolute Gasteiger partial charge is 0.494 e. The van der Waals surface area contributed by atoms with E-state index in [1.165, 1.54) is 0 Å². The summed E-state index contributed by atoms with van der Waals surface area (Å²) in [4.78, 5) is 4.59. The number of fused-ring (bicyclic) bond motifs is 1. The summed E-state index contributed by atoms with van der Waals surface area (Å²) >= 11 is 0. The maximum absolute atomic E-state index is 6.14. The Morgan fingerprint density at radius 3 is 2.03 bits per heavy atom. The molecule has 0 fully saturated rings. The van der Waals surface area contributed by atoms with Crippen molar-refractivity contribution in [1.29, 1.82) is 0 Å². The summed E-state index contributed by atoms with van der Waals surface area (Å²) in [7, 11) is 6.41. The van der Waals surface area contributed by atoms with Crippen LogP contribution in [0, 0.1) is 6.92 Å². The number of hydrogen-bond donors (Lipinski definition) is 1. The summed E-state index contributed by atoms with van der Waals surface area (Å²) in [6.07, 6.45) is 1.75. The number of anilines is 1. The first-order valence-corrected chi connectivity index (χ1v) is 9.72. The fraction of sp³-hybridized carbons (Fsp3) is 0.208. The number of imidazole rings is 1. The zero-order valence-corrected chi connectivity index (χ0v) is 18.2. The Bertz CT molecular complexity index is 1240. The van der Waals surface area contributed by atoms with Crippen LogP contribution in [0.2, 0.25) is 0 Å². The lowest BCUT2D eigenvalue weighted by Gasteiger charge is -2.15. The smallest absolute Gasteiger partial charge is 0.203 e. The molecule has 0 amide bonds. The average Bonchev–Trinajstić information content (AvgIpc) is 3.23. The van der Waals surface area contributed by atoms with Gasteiger partial charge in [0.05, 0.1) is 39.6 Å². The van der Waals surface area contributed by atoms with Crippen LogP contribution < -0.4 is 24.7 Å². The number of nitrogens with two attached hydrogens (primary N) is 1. The van der Waals surface area contributed by atoms with Crippen LogP contribution in [0.25, 0.3) is 27.8 Å². The number of ether oxygens (including phenoxy) is 4. The molecule has 0 aliphatic heterocycles. The number of aryl methyl sites for hydroxylation is 1. The predicted octanol–water partition coefficient (Wildman–Crippen LogP) is 4.62. The third-order valence-electron chi connectivity index (χ3n) is 5.38. The highest BCUT2D eigenvalue weighted by Crippen LogP contribution is 2.41. The molecule has 0 bridgehead atoms. The monoisotopic (exact) mass is 419 g/mol. The minimum Gasteiger partial charge on any atom is -0.494 e. The van der Waals surface area contributed by atoms with Crippen molar-refractivity contribution >= 4 is 16.7 Å². The molecule has 0 unspecified atom stereocenters. The minimum absolute atomic E-state index is 0.534. The van der Waals surface area contributed by atoms with Crippen LogP contribution in [0.1, 0.15) is 5.56 Å². The average molecular weight is 419 g/mol. The topological polar surface area (TPSA) is 80.8 Å². The molecule has 31 heavy (non-hydrogen) atoms. The Morgan fingerprint density at radius 2 is 1.45 bits per heavy atom. The maximum atomic E-state index is 6.14. The van der Waals surface area contributed by atoms with Crippen molar-refractivity contribution in [1.82, 2.24) is 9.55 Å². The van der Waals surface area contributed by atoms with Gasteiger partial charge in [0.15, 0.2) is 11.5 Å². The second-order valence-electron chi connectivity index (χ2n) is 7.12.